The number of ether oxygens (including phenoxy) is 1. The van der Waals surface area contributed by atoms with E-state index in [1.54, 1.807) is 28.0 Å². The number of thiophene rings is 1. The molecule has 0 aliphatic carbocycles. The maximum atomic E-state index is 14.1. The first kappa shape index (κ1) is 28.9. The van der Waals surface area contributed by atoms with Gasteiger partial charge in [0.2, 0.25) is 0 Å². The normalized spacial score (nSPS) is 15.9. The van der Waals surface area contributed by atoms with Crippen LogP contribution in [0.15, 0.2) is 54.6 Å². The van der Waals surface area contributed by atoms with Crippen molar-refractivity contribution < 1.29 is 24.2 Å². The third kappa shape index (κ3) is 6.93. The van der Waals surface area contributed by atoms with Gasteiger partial charge in [0.05, 0.1) is 16.3 Å². The van der Waals surface area contributed by atoms with Gasteiger partial charge in [-0.15, -0.1) is 11.3 Å². The topological polar surface area (TPSA) is 87.2 Å². The minimum atomic E-state index is -1.12. The van der Waals surface area contributed by atoms with E-state index in [0.717, 1.165) is 21.8 Å². The molecule has 1 unspecified atom stereocenters. The fourth-order valence-corrected chi connectivity index (χ4v) is 6.05. The van der Waals surface area contributed by atoms with E-state index in [2.05, 4.69) is 0 Å². The van der Waals surface area contributed by atoms with Gasteiger partial charge in [0.25, 0.3) is 5.91 Å². The summed E-state index contributed by atoms with van der Waals surface area (Å²) in [5.74, 6) is -1.55. The Kier molecular flexibility index (Phi) is 8.89. The molecule has 3 aromatic rings. The number of hydrogen-bond acceptors (Lipinski definition) is 5. The number of hydrogen-bond donors (Lipinski definition) is 1. The van der Waals surface area contributed by atoms with E-state index in [1.165, 1.54) is 6.07 Å². The Hall–Kier alpha value is -3.07. The standard InChI is InChI=1S/C29H30Cl2N2O5S/c1-29(2,3)38-28(37)32-14-7-10-20(13-15-32)33(26(34)21-12-11-19(30)16-22(21)31)23-17-24(39-25(23)27(35)36)18-8-5-4-6-9-18/h4-6,8-9,11-12,16-17,20H,7,10,13-15H2,1-3H3,(H,35,36). The van der Waals surface area contributed by atoms with Gasteiger partial charge in [0, 0.05) is 29.0 Å². The first-order chi connectivity index (χ1) is 18.4. The molecule has 4 rings (SSSR count). The van der Waals surface area contributed by atoms with Gasteiger partial charge in [-0.1, -0.05) is 53.5 Å². The number of carboxylic acid groups (broad SMARTS) is 1. The highest BCUT2D eigenvalue weighted by molar-refractivity contribution is 7.18. The molecule has 10 heteroatoms. The molecule has 0 saturated carbocycles. The summed E-state index contributed by atoms with van der Waals surface area (Å²) < 4.78 is 5.56. The zero-order valence-corrected chi connectivity index (χ0v) is 24.3. The lowest BCUT2D eigenvalue weighted by atomic mass is 10.0. The SMILES string of the molecule is CC(C)(C)OC(=O)N1CCCC(N(C(=O)c2ccc(Cl)cc2Cl)c2cc(-c3ccccc3)sc2C(=O)O)CC1. The highest BCUT2D eigenvalue weighted by atomic mass is 35.5. The van der Waals surface area contributed by atoms with E-state index in [0.29, 0.717) is 43.1 Å². The number of amides is 2. The third-order valence-corrected chi connectivity index (χ3v) is 8.03. The van der Waals surface area contributed by atoms with Crippen molar-refractivity contribution in [1.82, 2.24) is 4.90 Å². The van der Waals surface area contributed by atoms with Crippen molar-refractivity contribution in [2.75, 3.05) is 18.0 Å². The van der Waals surface area contributed by atoms with Crippen LogP contribution in [0.3, 0.4) is 0 Å². The van der Waals surface area contributed by atoms with Crippen LogP contribution in [-0.4, -0.2) is 52.7 Å². The van der Waals surface area contributed by atoms with Crippen LogP contribution in [-0.2, 0) is 4.74 Å². The molecule has 0 radical (unpaired) electrons. The first-order valence-corrected chi connectivity index (χ1v) is 14.2. The van der Waals surface area contributed by atoms with Gasteiger partial charge in [0.1, 0.15) is 10.5 Å². The van der Waals surface area contributed by atoms with Crippen molar-refractivity contribution in [3.05, 3.63) is 75.1 Å². The highest BCUT2D eigenvalue weighted by Crippen LogP contribution is 2.40. The van der Waals surface area contributed by atoms with Crippen molar-refractivity contribution in [1.29, 1.82) is 0 Å². The Morgan fingerprint density at radius 2 is 1.74 bits per heavy atom. The zero-order chi connectivity index (χ0) is 28.3. The summed E-state index contributed by atoms with van der Waals surface area (Å²) in [6.45, 7) is 6.28. The first-order valence-electron chi connectivity index (χ1n) is 12.6. The fraction of sp³-hybridized carbons (Fsp3) is 0.345. The lowest BCUT2D eigenvalue weighted by molar-refractivity contribution is 0.0256. The molecule has 1 fully saturated rings. The molecule has 1 N–H and O–H groups in total. The van der Waals surface area contributed by atoms with Crippen molar-refractivity contribution in [3.63, 3.8) is 0 Å². The molecule has 0 spiro atoms. The number of likely N-dealkylation sites (tertiary alicyclic amines) is 1. The van der Waals surface area contributed by atoms with Gasteiger partial charge in [-0.2, -0.15) is 0 Å². The Labute approximate surface area is 241 Å². The van der Waals surface area contributed by atoms with Gasteiger partial charge < -0.3 is 19.6 Å². The van der Waals surface area contributed by atoms with Crippen LogP contribution >= 0.6 is 34.5 Å². The maximum absolute atomic E-state index is 14.1. The molecule has 7 nitrogen and oxygen atoms in total. The van der Waals surface area contributed by atoms with Crippen LogP contribution in [0, 0.1) is 0 Å². The van der Waals surface area contributed by atoms with Gasteiger partial charge >= 0.3 is 12.1 Å². The van der Waals surface area contributed by atoms with E-state index >= 15 is 0 Å². The number of aromatic carboxylic acids is 1. The van der Waals surface area contributed by atoms with E-state index in [1.807, 2.05) is 51.1 Å². The van der Waals surface area contributed by atoms with Gasteiger partial charge in [-0.25, -0.2) is 9.59 Å². The van der Waals surface area contributed by atoms with Crippen LogP contribution in [0.4, 0.5) is 10.5 Å². The van der Waals surface area contributed by atoms with Gasteiger partial charge in [-0.3, -0.25) is 4.79 Å². The number of carbonyl (C=O) groups is 3. The largest absolute Gasteiger partial charge is 0.477 e. The maximum Gasteiger partial charge on any atom is 0.410 e. The average molecular weight is 590 g/mol. The number of carboxylic acids is 1. The molecule has 2 heterocycles. The van der Waals surface area contributed by atoms with E-state index in [4.69, 9.17) is 27.9 Å². The molecule has 1 aliphatic heterocycles. The molecule has 1 saturated heterocycles. The van der Waals surface area contributed by atoms with Crippen LogP contribution < -0.4 is 4.90 Å². The summed E-state index contributed by atoms with van der Waals surface area (Å²) >= 11 is 13.6. The average Bonchev–Trinajstić information content (AvgIpc) is 3.15. The number of nitrogens with zero attached hydrogens (tertiary/aromatic N) is 2. The summed E-state index contributed by atoms with van der Waals surface area (Å²) in [6, 6.07) is 15.4. The molecular weight excluding hydrogens is 559 g/mol. The molecular formula is C29H30Cl2N2O5S. The van der Waals surface area contributed by atoms with Gasteiger partial charge in [0.15, 0.2) is 0 Å². The monoisotopic (exact) mass is 588 g/mol. The molecule has 1 aromatic heterocycles. The number of benzene rings is 2. The van der Waals surface area contributed by atoms with Crippen LogP contribution in [0.5, 0.6) is 0 Å². The number of anilines is 1. The van der Waals surface area contributed by atoms with Crippen LogP contribution in [0.2, 0.25) is 10.0 Å². The molecule has 206 valence electrons. The second-order valence-corrected chi connectivity index (χ2v) is 12.2. The Balaban J connectivity index is 1.75. The quantitative estimate of drug-likeness (QED) is 0.328. The molecule has 1 atom stereocenters. The summed E-state index contributed by atoms with van der Waals surface area (Å²) in [5, 5.41) is 10.7. The Morgan fingerprint density at radius 1 is 1.03 bits per heavy atom. The summed E-state index contributed by atoms with van der Waals surface area (Å²) in [6.07, 6.45) is 1.20. The van der Waals surface area contributed by atoms with Crippen LogP contribution in [0.25, 0.3) is 10.4 Å². The van der Waals surface area contributed by atoms with E-state index in [9.17, 15) is 19.5 Å². The van der Waals surface area contributed by atoms with Gasteiger partial charge in [-0.05, 0) is 69.9 Å². The molecule has 39 heavy (non-hydrogen) atoms. The van der Waals surface area contributed by atoms with Crippen molar-refractivity contribution in [3.8, 4) is 10.4 Å². The molecule has 0 bridgehead atoms. The fourth-order valence-electron chi connectivity index (χ4n) is 4.57. The third-order valence-electron chi connectivity index (χ3n) is 6.32. The lowest BCUT2D eigenvalue weighted by Crippen LogP contribution is -2.42. The number of carbonyl (C=O) groups excluding carboxylic acids is 2. The predicted octanol–water partition coefficient (Wildman–Crippen LogP) is 7.86. The van der Waals surface area contributed by atoms with Crippen molar-refractivity contribution >= 4 is 58.2 Å². The molecule has 2 amide bonds. The second-order valence-electron chi connectivity index (χ2n) is 10.3. The summed E-state index contributed by atoms with van der Waals surface area (Å²) in [4.78, 5) is 43.3. The zero-order valence-electron chi connectivity index (χ0n) is 21.9. The van der Waals surface area contributed by atoms with Crippen molar-refractivity contribution in [2.45, 2.75) is 51.7 Å². The summed E-state index contributed by atoms with van der Waals surface area (Å²) in [7, 11) is 0. The highest BCUT2D eigenvalue weighted by Gasteiger charge is 2.35. The van der Waals surface area contributed by atoms with E-state index in [-0.39, 0.29) is 21.5 Å². The Bertz CT molecular complexity index is 1370. The smallest absolute Gasteiger partial charge is 0.410 e. The predicted molar refractivity (Wildman–Crippen MR) is 155 cm³/mol. The van der Waals surface area contributed by atoms with Crippen LogP contribution in [0.1, 0.15) is 60.1 Å². The Morgan fingerprint density at radius 3 is 2.38 bits per heavy atom. The second kappa shape index (κ2) is 12.0. The minimum absolute atomic E-state index is 0.0561. The molecule has 1 aliphatic rings. The number of rotatable bonds is 5. The molecule has 2 aromatic carbocycles. The van der Waals surface area contributed by atoms with Crippen molar-refractivity contribution in [2.24, 2.45) is 0 Å². The van der Waals surface area contributed by atoms with E-state index < -0.39 is 23.6 Å². The summed E-state index contributed by atoms with van der Waals surface area (Å²) in [5.41, 5.74) is 0.748. The minimum Gasteiger partial charge on any atom is -0.477 e. The lowest BCUT2D eigenvalue weighted by Gasteiger charge is -2.32. The number of halogens is 2.